The molecule has 2 aromatic heterocycles. The van der Waals surface area contributed by atoms with E-state index < -0.39 is 0 Å². The first-order valence-electron chi connectivity index (χ1n) is 6.22. The van der Waals surface area contributed by atoms with Gasteiger partial charge in [0, 0.05) is 30.5 Å². The summed E-state index contributed by atoms with van der Waals surface area (Å²) >= 11 is 3.33. The number of rotatable bonds is 6. The number of hydrogen-bond donors (Lipinski definition) is 1. The largest absolute Gasteiger partial charge is 0.383 e. The molecule has 0 saturated heterocycles. The van der Waals surface area contributed by atoms with E-state index in [1.807, 2.05) is 18.2 Å². The summed E-state index contributed by atoms with van der Waals surface area (Å²) < 4.78 is 5.92. The van der Waals surface area contributed by atoms with Crippen molar-refractivity contribution >= 4 is 21.8 Å². The minimum atomic E-state index is -0.0709. The van der Waals surface area contributed by atoms with Gasteiger partial charge >= 0.3 is 0 Å². The summed E-state index contributed by atoms with van der Waals surface area (Å²) in [7, 11) is 1.62. The Bertz CT molecular complexity index is 557. The maximum Gasteiger partial charge on any atom is 0.270 e. The Morgan fingerprint density at radius 2 is 2.35 bits per heavy atom. The lowest BCUT2D eigenvalue weighted by Gasteiger charge is -2.21. The molecule has 20 heavy (non-hydrogen) atoms. The molecule has 0 bridgehead atoms. The molecule has 1 N–H and O–H groups in total. The average molecular weight is 338 g/mol. The summed E-state index contributed by atoms with van der Waals surface area (Å²) in [6, 6.07) is 7.43. The monoisotopic (exact) mass is 337 g/mol. The maximum absolute atomic E-state index is 12.5. The van der Waals surface area contributed by atoms with Gasteiger partial charge in [0.25, 0.3) is 5.91 Å². The van der Waals surface area contributed by atoms with Gasteiger partial charge < -0.3 is 14.6 Å². The maximum atomic E-state index is 12.5. The number of methoxy groups -OCH3 is 1. The quantitative estimate of drug-likeness (QED) is 0.880. The highest BCUT2D eigenvalue weighted by molar-refractivity contribution is 9.10. The third-order valence-electron chi connectivity index (χ3n) is 2.81. The number of halogens is 1. The van der Waals surface area contributed by atoms with Crippen LogP contribution in [0.3, 0.4) is 0 Å². The Hall–Kier alpha value is -1.66. The minimum absolute atomic E-state index is 0.0709. The van der Waals surface area contributed by atoms with Gasteiger partial charge in [-0.1, -0.05) is 6.07 Å². The van der Waals surface area contributed by atoms with Gasteiger partial charge in [-0.2, -0.15) is 0 Å². The van der Waals surface area contributed by atoms with Gasteiger partial charge in [0.15, 0.2) is 0 Å². The van der Waals surface area contributed by atoms with E-state index in [-0.39, 0.29) is 5.91 Å². The van der Waals surface area contributed by atoms with E-state index in [9.17, 15) is 4.79 Å². The van der Waals surface area contributed by atoms with Crippen molar-refractivity contribution in [1.82, 2.24) is 14.9 Å². The first-order valence-corrected chi connectivity index (χ1v) is 7.02. The standard InChI is InChI=1S/C14H16BrN3O2/c1-20-7-6-18(10-12-4-2-3-5-16-12)14(19)13-8-11(15)9-17-13/h2-5,8-9,17H,6-7,10H2,1H3. The zero-order valence-electron chi connectivity index (χ0n) is 11.2. The summed E-state index contributed by atoms with van der Waals surface area (Å²) in [6.07, 6.45) is 3.46. The molecule has 1 amide bonds. The normalized spacial score (nSPS) is 10.5. The number of amides is 1. The van der Waals surface area contributed by atoms with Crippen LogP contribution >= 0.6 is 15.9 Å². The first kappa shape index (κ1) is 14.7. The molecule has 0 aliphatic heterocycles. The highest BCUT2D eigenvalue weighted by atomic mass is 79.9. The molecular weight excluding hydrogens is 322 g/mol. The van der Waals surface area contributed by atoms with Gasteiger partial charge in [-0.25, -0.2) is 0 Å². The number of nitrogens with one attached hydrogen (secondary N) is 1. The van der Waals surface area contributed by atoms with Crippen molar-refractivity contribution in [2.45, 2.75) is 6.54 Å². The number of pyridine rings is 1. The molecule has 5 nitrogen and oxygen atoms in total. The number of carbonyl (C=O) groups excluding carboxylic acids is 1. The fourth-order valence-corrected chi connectivity index (χ4v) is 2.15. The number of nitrogens with zero attached hydrogens (tertiary/aromatic N) is 2. The third kappa shape index (κ3) is 3.91. The molecule has 106 valence electrons. The van der Waals surface area contributed by atoms with E-state index in [1.165, 1.54) is 0 Å². The van der Waals surface area contributed by atoms with Crippen molar-refractivity contribution in [2.24, 2.45) is 0 Å². The van der Waals surface area contributed by atoms with Crippen molar-refractivity contribution in [3.8, 4) is 0 Å². The SMILES string of the molecule is COCCN(Cc1ccccn1)C(=O)c1cc(Br)c[nH]1. The Morgan fingerprint density at radius 1 is 1.50 bits per heavy atom. The van der Waals surface area contributed by atoms with Gasteiger partial charge in [0.1, 0.15) is 5.69 Å². The summed E-state index contributed by atoms with van der Waals surface area (Å²) in [5.74, 6) is -0.0709. The van der Waals surface area contributed by atoms with Crippen LogP contribution in [-0.4, -0.2) is 41.0 Å². The van der Waals surface area contributed by atoms with E-state index in [0.29, 0.717) is 25.4 Å². The average Bonchev–Trinajstić information content (AvgIpc) is 2.90. The van der Waals surface area contributed by atoms with Crippen LogP contribution in [0.25, 0.3) is 0 Å². The number of H-pyrrole nitrogens is 1. The van der Waals surface area contributed by atoms with Crippen LogP contribution < -0.4 is 0 Å². The molecule has 0 spiro atoms. The molecule has 0 aliphatic rings. The number of aromatic nitrogens is 2. The Kier molecular flexibility index (Phi) is 5.31. The highest BCUT2D eigenvalue weighted by Gasteiger charge is 2.17. The predicted molar refractivity (Wildman–Crippen MR) is 79.3 cm³/mol. The van der Waals surface area contributed by atoms with Gasteiger partial charge in [0.05, 0.1) is 18.8 Å². The van der Waals surface area contributed by atoms with E-state index in [0.717, 1.165) is 10.2 Å². The van der Waals surface area contributed by atoms with Crippen molar-refractivity contribution < 1.29 is 9.53 Å². The lowest BCUT2D eigenvalue weighted by atomic mass is 10.3. The minimum Gasteiger partial charge on any atom is -0.383 e. The molecular formula is C14H16BrN3O2. The van der Waals surface area contributed by atoms with E-state index in [4.69, 9.17) is 4.74 Å². The summed E-state index contributed by atoms with van der Waals surface area (Å²) in [6.45, 7) is 1.46. The van der Waals surface area contributed by atoms with Crippen LogP contribution in [0.15, 0.2) is 41.1 Å². The van der Waals surface area contributed by atoms with E-state index in [1.54, 1.807) is 30.5 Å². The Balaban J connectivity index is 2.12. The second-order valence-corrected chi connectivity index (χ2v) is 5.19. The van der Waals surface area contributed by atoms with Gasteiger partial charge in [-0.3, -0.25) is 9.78 Å². The third-order valence-corrected chi connectivity index (χ3v) is 3.27. The number of carbonyl (C=O) groups is 1. The smallest absolute Gasteiger partial charge is 0.270 e. The first-order chi connectivity index (χ1) is 9.70. The molecule has 6 heteroatoms. The van der Waals surface area contributed by atoms with Crippen LogP contribution in [0, 0.1) is 0 Å². The second-order valence-electron chi connectivity index (χ2n) is 4.27. The lowest BCUT2D eigenvalue weighted by Crippen LogP contribution is -2.34. The van der Waals surface area contributed by atoms with Crippen molar-refractivity contribution in [3.63, 3.8) is 0 Å². The summed E-state index contributed by atoms with van der Waals surface area (Å²) in [5, 5.41) is 0. The Morgan fingerprint density at radius 3 is 2.95 bits per heavy atom. The highest BCUT2D eigenvalue weighted by Crippen LogP contribution is 2.13. The summed E-state index contributed by atoms with van der Waals surface area (Å²) in [4.78, 5) is 21.4. The molecule has 2 aromatic rings. The molecule has 0 saturated carbocycles. The number of hydrogen-bond acceptors (Lipinski definition) is 3. The van der Waals surface area contributed by atoms with Crippen molar-refractivity contribution in [1.29, 1.82) is 0 Å². The van der Waals surface area contributed by atoms with Crippen LogP contribution in [0.1, 0.15) is 16.2 Å². The fourth-order valence-electron chi connectivity index (χ4n) is 1.80. The van der Waals surface area contributed by atoms with Crippen LogP contribution in [0.5, 0.6) is 0 Å². The van der Waals surface area contributed by atoms with Crippen molar-refractivity contribution in [2.75, 3.05) is 20.3 Å². The van der Waals surface area contributed by atoms with Gasteiger partial charge in [0.2, 0.25) is 0 Å². The topological polar surface area (TPSA) is 58.2 Å². The second kappa shape index (κ2) is 7.21. The predicted octanol–water partition coefficient (Wildman–Crippen LogP) is 2.46. The molecule has 0 unspecified atom stereocenters. The van der Waals surface area contributed by atoms with Gasteiger partial charge in [-0.05, 0) is 34.1 Å². The molecule has 2 rings (SSSR count). The molecule has 0 atom stereocenters. The van der Waals surface area contributed by atoms with Crippen LogP contribution in [0.4, 0.5) is 0 Å². The number of ether oxygens (including phenoxy) is 1. The fraction of sp³-hybridized carbons (Fsp3) is 0.286. The zero-order valence-corrected chi connectivity index (χ0v) is 12.8. The molecule has 0 radical (unpaired) electrons. The summed E-state index contributed by atoms with van der Waals surface area (Å²) in [5.41, 5.74) is 1.39. The van der Waals surface area contributed by atoms with Gasteiger partial charge in [-0.15, -0.1) is 0 Å². The number of aromatic amines is 1. The van der Waals surface area contributed by atoms with Crippen LogP contribution in [0.2, 0.25) is 0 Å². The van der Waals surface area contributed by atoms with Crippen molar-refractivity contribution in [3.05, 3.63) is 52.5 Å². The van der Waals surface area contributed by atoms with E-state index >= 15 is 0 Å². The zero-order chi connectivity index (χ0) is 14.4. The molecule has 2 heterocycles. The lowest BCUT2D eigenvalue weighted by molar-refractivity contribution is 0.0673. The molecule has 0 fully saturated rings. The van der Waals surface area contributed by atoms with Crippen LogP contribution in [-0.2, 0) is 11.3 Å². The van der Waals surface area contributed by atoms with E-state index in [2.05, 4.69) is 25.9 Å². The molecule has 0 aliphatic carbocycles. The molecule has 0 aromatic carbocycles. The Labute approximate surface area is 126 Å².